The van der Waals surface area contributed by atoms with Crippen molar-refractivity contribution in [2.24, 2.45) is 0 Å². The van der Waals surface area contributed by atoms with Crippen molar-refractivity contribution >= 4 is 27.5 Å². The van der Waals surface area contributed by atoms with Crippen molar-refractivity contribution in [3.8, 4) is 11.5 Å². The summed E-state index contributed by atoms with van der Waals surface area (Å²) < 4.78 is 44.8. The first kappa shape index (κ1) is 14.2. The van der Waals surface area contributed by atoms with Crippen LogP contribution in [0.4, 0.5) is 13.2 Å². The maximum absolute atomic E-state index is 12.9. The standard InChI is InChI=1S/C13H7BrClF3O/c14-8-4-6-9(7-5-8)19-11-3-1-2-10(15)12(11)13(16,17)18/h1-7H. The van der Waals surface area contributed by atoms with Crippen LogP contribution in [0, 0.1) is 0 Å². The van der Waals surface area contributed by atoms with Crippen molar-refractivity contribution in [3.05, 3.63) is 57.5 Å². The average molecular weight is 352 g/mol. The van der Waals surface area contributed by atoms with Crippen LogP contribution >= 0.6 is 27.5 Å². The predicted octanol–water partition coefficient (Wildman–Crippen LogP) is 5.91. The molecule has 0 radical (unpaired) electrons. The third-order valence-electron chi connectivity index (χ3n) is 2.30. The summed E-state index contributed by atoms with van der Waals surface area (Å²) in [5, 5.41) is -0.387. The molecule has 2 aromatic carbocycles. The molecular formula is C13H7BrClF3O. The molecule has 0 aliphatic heterocycles. The van der Waals surface area contributed by atoms with Crippen LogP contribution in [0.1, 0.15) is 5.56 Å². The average Bonchev–Trinajstić information content (AvgIpc) is 2.30. The second-order valence-corrected chi connectivity index (χ2v) is 4.99. The molecule has 6 heteroatoms. The molecule has 0 aliphatic rings. The van der Waals surface area contributed by atoms with Gasteiger partial charge >= 0.3 is 6.18 Å². The molecule has 0 saturated heterocycles. The SMILES string of the molecule is FC(F)(F)c1c(Cl)cccc1Oc1ccc(Br)cc1. The Hall–Kier alpha value is -1.20. The predicted molar refractivity (Wildman–Crippen MR) is 70.7 cm³/mol. The Morgan fingerprint density at radius 1 is 1.00 bits per heavy atom. The van der Waals surface area contributed by atoms with Crippen LogP contribution in [0.3, 0.4) is 0 Å². The van der Waals surface area contributed by atoms with Crippen molar-refractivity contribution in [1.82, 2.24) is 0 Å². The molecule has 0 fully saturated rings. The summed E-state index contributed by atoms with van der Waals surface area (Å²) in [6.45, 7) is 0. The van der Waals surface area contributed by atoms with Crippen LogP contribution < -0.4 is 4.74 Å². The zero-order valence-corrected chi connectivity index (χ0v) is 11.7. The van der Waals surface area contributed by atoms with Crippen LogP contribution in [-0.4, -0.2) is 0 Å². The van der Waals surface area contributed by atoms with Gasteiger partial charge in [-0.15, -0.1) is 0 Å². The monoisotopic (exact) mass is 350 g/mol. The van der Waals surface area contributed by atoms with E-state index in [-0.39, 0.29) is 10.8 Å². The van der Waals surface area contributed by atoms with Gasteiger partial charge in [0.2, 0.25) is 0 Å². The molecule has 2 aromatic rings. The zero-order valence-electron chi connectivity index (χ0n) is 9.34. The molecule has 100 valence electrons. The summed E-state index contributed by atoms with van der Waals surface area (Å²) in [5.41, 5.74) is -0.973. The molecule has 0 bridgehead atoms. The van der Waals surface area contributed by atoms with Crippen molar-refractivity contribution in [2.45, 2.75) is 6.18 Å². The molecule has 19 heavy (non-hydrogen) atoms. The molecule has 0 amide bonds. The molecular weight excluding hydrogens is 344 g/mol. The van der Waals surface area contributed by atoms with Crippen LogP contribution in [0.5, 0.6) is 11.5 Å². The third kappa shape index (κ3) is 3.42. The van der Waals surface area contributed by atoms with E-state index in [0.29, 0.717) is 5.75 Å². The van der Waals surface area contributed by atoms with Gasteiger partial charge in [0.25, 0.3) is 0 Å². The minimum absolute atomic E-state index is 0.302. The lowest BCUT2D eigenvalue weighted by atomic mass is 10.2. The lowest BCUT2D eigenvalue weighted by Crippen LogP contribution is -2.08. The smallest absolute Gasteiger partial charge is 0.421 e. The molecule has 0 unspecified atom stereocenters. The number of halogens is 5. The van der Waals surface area contributed by atoms with E-state index in [1.807, 2.05) is 0 Å². The summed E-state index contributed by atoms with van der Waals surface area (Å²) in [6, 6.07) is 10.3. The fourth-order valence-corrected chi connectivity index (χ4v) is 2.03. The van der Waals surface area contributed by atoms with E-state index in [2.05, 4.69) is 15.9 Å². The van der Waals surface area contributed by atoms with Gasteiger partial charge in [0.05, 0.1) is 5.02 Å². The van der Waals surface area contributed by atoms with E-state index in [4.69, 9.17) is 16.3 Å². The Morgan fingerprint density at radius 2 is 1.63 bits per heavy atom. The van der Waals surface area contributed by atoms with Gasteiger partial charge in [-0.3, -0.25) is 0 Å². The maximum atomic E-state index is 12.9. The summed E-state index contributed by atoms with van der Waals surface area (Å²) in [4.78, 5) is 0. The second-order valence-electron chi connectivity index (χ2n) is 3.67. The molecule has 0 N–H and O–H groups in total. The normalized spacial score (nSPS) is 11.4. The van der Waals surface area contributed by atoms with Gasteiger partial charge in [-0.25, -0.2) is 0 Å². The first-order valence-corrected chi connectivity index (χ1v) is 6.34. The minimum Gasteiger partial charge on any atom is -0.457 e. The Labute approximate surface area is 121 Å². The fourth-order valence-electron chi connectivity index (χ4n) is 1.49. The number of ether oxygens (including phenoxy) is 1. The van der Waals surface area contributed by atoms with Gasteiger partial charge < -0.3 is 4.74 Å². The van der Waals surface area contributed by atoms with Gasteiger partial charge in [-0.2, -0.15) is 13.2 Å². The van der Waals surface area contributed by atoms with E-state index >= 15 is 0 Å². The number of benzene rings is 2. The van der Waals surface area contributed by atoms with E-state index in [9.17, 15) is 13.2 Å². The number of rotatable bonds is 2. The quantitative estimate of drug-likeness (QED) is 0.653. The first-order valence-electron chi connectivity index (χ1n) is 5.17. The summed E-state index contributed by atoms with van der Waals surface area (Å²) in [5.74, 6) is -0.0155. The molecule has 1 nitrogen and oxygen atoms in total. The highest BCUT2D eigenvalue weighted by Crippen LogP contribution is 2.42. The molecule has 2 rings (SSSR count). The van der Waals surface area contributed by atoms with Crippen molar-refractivity contribution in [1.29, 1.82) is 0 Å². The Balaban J connectivity index is 2.40. The van der Waals surface area contributed by atoms with Crippen LogP contribution in [0.15, 0.2) is 46.9 Å². The van der Waals surface area contributed by atoms with Crippen molar-refractivity contribution in [3.63, 3.8) is 0 Å². The maximum Gasteiger partial charge on any atom is 0.421 e. The fraction of sp³-hybridized carbons (Fsp3) is 0.0769. The van der Waals surface area contributed by atoms with Crippen LogP contribution in [0.2, 0.25) is 5.02 Å². The first-order chi connectivity index (χ1) is 8.88. The Morgan fingerprint density at radius 3 is 2.21 bits per heavy atom. The number of hydrogen-bond acceptors (Lipinski definition) is 1. The van der Waals surface area contributed by atoms with Crippen molar-refractivity contribution in [2.75, 3.05) is 0 Å². The molecule has 0 atom stereocenters. The topological polar surface area (TPSA) is 9.23 Å². The van der Waals surface area contributed by atoms with E-state index in [1.165, 1.54) is 18.2 Å². The van der Waals surface area contributed by atoms with Gasteiger partial charge in [-0.1, -0.05) is 33.6 Å². The lowest BCUT2D eigenvalue weighted by Gasteiger charge is -2.15. The number of alkyl halides is 3. The van der Waals surface area contributed by atoms with Crippen LogP contribution in [0.25, 0.3) is 0 Å². The van der Waals surface area contributed by atoms with Crippen LogP contribution in [-0.2, 0) is 6.18 Å². The van der Waals surface area contributed by atoms with Gasteiger partial charge in [0, 0.05) is 4.47 Å². The van der Waals surface area contributed by atoms with E-state index in [0.717, 1.165) is 4.47 Å². The summed E-state index contributed by atoms with van der Waals surface area (Å²) in [6.07, 6.45) is -4.57. The molecule has 0 spiro atoms. The summed E-state index contributed by atoms with van der Waals surface area (Å²) >= 11 is 8.83. The van der Waals surface area contributed by atoms with Gasteiger partial charge in [0.1, 0.15) is 17.1 Å². The second kappa shape index (κ2) is 5.43. The largest absolute Gasteiger partial charge is 0.457 e. The minimum atomic E-state index is -4.57. The highest BCUT2D eigenvalue weighted by atomic mass is 79.9. The Bertz CT molecular complexity index is 581. The molecule has 0 aromatic heterocycles. The van der Waals surface area contributed by atoms with E-state index < -0.39 is 11.7 Å². The number of hydrogen-bond donors (Lipinski definition) is 0. The third-order valence-corrected chi connectivity index (χ3v) is 3.14. The molecule has 0 saturated carbocycles. The van der Waals surface area contributed by atoms with Gasteiger partial charge in [0.15, 0.2) is 0 Å². The van der Waals surface area contributed by atoms with Gasteiger partial charge in [-0.05, 0) is 36.4 Å². The highest BCUT2D eigenvalue weighted by molar-refractivity contribution is 9.10. The zero-order chi connectivity index (χ0) is 14.0. The van der Waals surface area contributed by atoms with Crippen molar-refractivity contribution < 1.29 is 17.9 Å². The lowest BCUT2D eigenvalue weighted by molar-refractivity contribution is -0.138. The highest BCUT2D eigenvalue weighted by Gasteiger charge is 2.37. The van der Waals surface area contributed by atoms with E-state index in [1.54, 1.807) is 24.3 Å². The molecule has 0 aliphatic carbocycles. The summed E-state index contributed by atoms with van der Waals surface area (Å²) in [7, 11) is 0. The Kier molecular flexibility index (Phi) is 4.06. The molecule has 0 heterocycles.